The van der Waals surface area contributed by atoms with E-state index in [1.54, 1.807) is 18.3 Å². The molecule has 0 radical (unpaired) electrons. The van der Waals surface area contributed by atoms with E-state index in [9.17, 15) is 14.0 Å². The fraction of sp³-hybridized carbons (Fsp3) is 0.375. The maximum Gasteiger partial charge on any atom is 0.270 e. The van der Waals surface area contributed by atoms with Crippen LogP contribution in [0.5, 0.6) is 0 Å². The standard InChI is InChI=1S/C24H27BrFN3O2Si/c1-24(2,32(3,4)31)13-18-20-16(6-5-11-27-20)22(25)29-21(18)23(30)28-19-12-17(19)14-7-9-15(26)10-8-14/h5-11,17,19,31H,12-13H2,1-4H3,(H,28,30). The van der Waals surface area contributed by atoms with E-state index >= 15 is 0 Å². The Hall–Kier alpha value is -2.16. The third-order valence-corrected chi connectivity index (χ3v) is 10.8. The van der Waals surface area contributed by atoms with Gasteiger partial charge >= 0.3 is 0 Å². The lowest BCUT2D eigenvalue weighted by atomic mass is 9.97. The molecular formula is C24H27BrFN3O2Si. The molecule has 2 N–H and O–H groups in total. The first-order chi connectivity index (χ1) is 15.0. The summed E-state index contributed by atoms with van der Waals surface area (Å²) in [5.41, 5.74) is 2.82. The summed E-state index contributed by atoms with van der Waals surface area (Å²) >= 11 is 3.50. The van der Waals surface area contributed by atoms with Gasteiger partial charge < -0.3 is 10.1 Å². The Balaban J connectivity index is 1.67. The van der Waals surface area contributed by atoms with Crippen LogP contribution in [-0.4, -0.2) is 35.0 Å². The maximum absolute atomic E-state index is 13.3. The number of carbonyl (C=O) groups excluding carboxylic acids is 1. The Morgan fingerprint density at radius 2 is 1.97 bits per heavy atom. The summed E-state index contributed by atoms with van der Waals surface area (Å²) in [5, 5.41) is 3.54. The van der Waals surface area contributed by atoms with Gasteiger partial charge in [0.25, 0.3) is 5.91 Å². The molecule has 1 aromatic carbocycles. The second-order valence-electron chi connectivity index (χ2n) is 9.72. The van der Waals surface area contributed by atoms with Gasteiger partial charge in [-0.25, -0.2) is 9.37 Å². The number of carbonyl (C=O) groups is 1. The number of hydrogen-bond acceptors (Lipinski definition) is 4. The molecule has 0 aliphatic heterocycles. The topological polar surface area (TPSA) is 75.1 Å². The van der Waals surface area contributed by atoms with Crippen molar-refractivity contribution >= 4 is 41.1 Å². The highest BCUT2D eigenvalue weighted by atomic mass is 79.9. The molecule has 3 aromatic rings. The lowest BCUT2D eigenvalue weighted by Gasteiger charge is -2.35. The number of amides is 1. The minimum atomic E-state index is -2.54. The van der Waals surface area contributed by atoms with Crippen molar-refractivity contribution in [1.29, 1.82) is 0 Å². The van der Waals surface area contributed by atoms with Crippen molar-refractivity contribution in [1.82, 2.24) is 15.3 Å². The molecule has 0 saturated heterocycles. The first-order valence-electron chi connectivity index (χ1n) is 10.7. The van der Waals surface area contributed by atoms with Crippen LogP contribution in [0.1, 0.15) is 47.8 Å². The smallest absolute Gasteiger partial charge is 0.270 e. The number of nitrogens with zero attached hydrogens (tertiary/aromatic N) is 2. The minimum Gasteiger partial charge on any atom is -0.432 e. The first-order valence-corrected chi connectivity index (χ1v) is 14.4. The number of pyridine rings is 2. The first kappa shape index (κ1) is 23.0. The molecule has 0 spiro atoms. The van der Waals surface area contributed by atoms with Gasteiger partial charge in [-0.1, -0.05) is 26.0 Å². The lowest BCUT2D eigenvalue weighted by Crippen LogP contribution is -2.41. The fourth-order valence-electron chi connectivity index (χ4n) is 3.83. The molecule has 8 heteroatoms. The number of rotatable bonds is 6. The molecule has 1 saturated carbocycles. The van der Waals surface area contributed by atoms with Gasteiger partial charge in [0.15, 0.2) is 8.32 Å². The Bertz CT molecular complexity index is 1180. The van der Waals surface area contributed by atoms with Crippen LogP contribution in [0.25, 0.3) is 10.9 Å². The Morgan fingerprint density at radius 3 is 2.62 bits per heavy atom. The van der Waals surface area contributed by atoms with Crippen molar-refractivity contribution in [2.45, 2.75) is 56.8 Å². The number of nitrogens with one attached hydrogen (secondary N) is 1. The number of fused-ring (bicyclic) bond motifs is 1. The van der Waals surface area contributed by atoms with Gasteiger partial charge in [0.2, 0.25) is 0 Å². The van der Waals surface area contributed by atoms with Gasteiger partial charge in [0.1, 0.15) is 16.1 Å². The molecule has 32 heavy (non-hydrogen) atoms. The predicted octanol–water partition coefficient (Wildman–Crippen LogP) is 5.34. The highest BCUT2D eigenvalue weighted by Crippen LogP contribution is 2.43. The average molecular weight is 516 g/mol. The quantitative estimate of drug-likeness (QED) is 0.343. The lowest BCUT2D eigenvalue weighted by molar-refractivity contribution is 0.0944. The molecule has 4 rings (SSSR count). The van der Waals surface area contributed by atoms with E-state index in [1.165, 1.54) is 12.1 Å². The third-order valence-electron chi connectivity index (χ3n) is 6.71. The van der Waals surface area contributed by atoms with Crippen LogP contribution in [0.2, 0.25) is 18.1 Å². The van der Waals surface area contributed by atoms with Crippen LogP contribution in [-0.2, 0) is 6.42 Å². The van der Waals surface area contributed by atoms with E-state index in [0.29, 0.717) is 16.7 Å². The highest BCUT2D eigenvalue weighted by Gasteiger charge is 2.42. The van der Waals surface area contributed by atoms with Crippen LogP contribution in [0, 0.1) is 5.82 Å². The summed E-state index contributed by atoms with van der Waals surface area (Å²) < 4.78 is 13.8. The number of hydrogen-bond donors (Lipinski definition) is 2. The SMILES string of the molecule is CC(C)(Cc1c(C(=O)NC2CC2c2ccc(F)cc2)nc(Br)c2cccnc12)[Si](C)(C)O. The number of benzene rings is 1. The van der Waals surface area contributed by atoms with E-state index in [4.69, 9.17) is 0 Å². The third kappa shape index (κ3) is 4.49. The van der Waals surface area contributed by atoms with Gasteiger partial charge in [0.05, 0.1) is 5.52 Å². The summed E-state index contributed by atoms with van der Waals surface area (Å²) in [6.07, 6.45) is 3.01. The summed E-state index contributed by atoms with van der Waals surface area (Å²) in [5.74, 6) is -0.350. The summed E-state index contributed by atoms with van der Waals surface area (Å²) in [4.78, 5) is 33.4. The Kier molecular flexibility index (Phi) is 5.98. The molecule has 5 nitrogen and oxygen atoms in total. The van der Waals surface area contributed by atoms with Gasteiger partial charge in [-0.2, -0.15) is 0 Å². The summed E-state index contributed by atoms with van der Waals surface area (Å²) in [6.45, 7) is 7.88. The largest absolute Gasteiger partial charge is 0.432 e. The fourth-order valence-corrected chi connectivity index (χ4v) is 4.94. The van der Waals surface area contributed by atoms with Crippen molar-refractivity contribution in [2.75, 3.05) is 0 Å². The molecule has 2 atom stereocenters. The zero-order valence-corrected chi connectivity index (χ0v) is 21.2. The highest BCUT2D eigenvalue weighted by molar-refractivity contribution is 9.10. The van der Waals surface area contributed by atoms with E-state index in [1.807, 2.05) is 39.1 Å². The van der Waals surface area contributed by atoms with Crippen molar-refractivity contribution in [3.05, 3.63) is 69.8 Å². The van der Waals surface area contributed by atoms with Crippen LogP contribution >= 0.6 is 15.9 Å². The van der Waals surface area contributed by atoms with Crippen molar-refractivity contribution in [2.24, 2.45) is 0 Å². The molecule has 1 aliphatic carbocycles. The van der Waals surface area contributed by atoms with Crippen molar-refractivity contribution in [3.8, 4) is 0 Å². The normalized spacial score (nSPS) is 18.6. The second kappa shape index (κ2) is 8.32. The molecule has 1 fully saturated rings. The molecule has 168 valence electrons. The van der Waals surface area contributed by atoms with Gasteiger partial charge in [0, 0.05) is 29.1 Å². The van der Waals surface area contributed by atoms with E-state index in [0.717, 1.165) is 28.5 Å². The summed E-state index contributed by atoms with van der Waals surface area (Å²) in [6, 6.07) is 10.2. The van der Waals surface area contributed by atoms with Gasteiger partial charge in [-0.3, -0.25) is 9.78 Å². The Morgan fingerprint density at radius 1 is 1.28 bits per heavy atom. The van der Waals surface area contributed by atoms with E-state index < -0.39 is 13.4 Å². The predicted molar refractivity (Wildman–Crippen MR) is 130 cm³/mol. The van der Waals surface area contributed by atoms with Crippen molar-refractivity contribution in [3.63, 3.8) is 0 Å². The zero-order chi connectivity index (χ0) is 23.3. The monoisotopic (exact) mass is 515 g/mol. The van der Waals surface area contributed by atoms with Crippen LogP contribution in [0.3, 0.4) is 0 Å². The minimum absolute atomic E-state index is 0.0162. The van der Waals surface area contributed by atoms with Crippen LogP contribution < -0.4 is 5.32 Å². The summed E-state index contributed by atoms with van der Waals surface area (Å²) in [7, 11) is -2.54. The zero-order valence-electron chi connectivity index (χ0n) is 18.6. The van der Waals surface area contributed by atoms with Crippen molar-refractivity contribution < 1.29 is 14.0 Å². The molecule has 1 amide bonds. The molecule has 1 aliphatic rings. The average Bonchev–Trinajstić information content (AvgIpc) is 3.48. The molecule has 2 heterocycles. The number of aromatic nitrogens is 2. The molecular weight excluding hydrogens is 489 g/mol. The second-order valence-corrected chi connectivity index (χ2v) is 14.9. The molecule has 2 unspecified atom stereocenters. The van der Waals surface area contributed by atoms with Crippen LogP contribution in [0.15, 0.2) is 47.2 Å². The molecule has 0 bridgehead atoms. The number of halogens is 2. The van der Waals surface area contributed by atoms with E-state index in [2.05, 4.69) is 31.2 Å². The Labute approximate surface area is 196 Å². The van der Waals surface area contributed by atoms with E-state index in [-0.39, 0.29) is 23.7 Å². The maximum atomic E-state index is 13.3. The molecule has 2 aromatic heterocycles. The van der Waals surface area contributed by atoms with Gasteiger partial charge in [-0.05, 0) is 76.7 Å². The van der Waals surface area contributed by atoms with Gasteiger partial charge in [-0.15, -0.1) is 0 Å². The van der Waals surface area contributed by atoms with Crippen LogP contribution in [0.4, 0.5) is 4.39 Å².